The number of esters is 1. The summed E-state index contributed by atoms with van der Waals surface area (Å²) in [7, 11) is 2.72. The molecular weight excluding hydrogens is 387 g/mol. The van der Waals surface area contributed by atoms with Crippen LogP contribution < -0.4 is 15.8 Å². The molecule has 0 spiro atoms. The molecule has 6 nitrogen and oxygen atoms in total. The number of rotatable bonds is 6. The molecule has 1 amide bonds. The third-order valence-electron chi connectivity index (χ3n) is 5.64. The maximum absolute atomic E-state index is 14.0. The number of methoxy groups -OCH3 is 2. The van der Waals surface area contributed by atoms with E-state index in [-0.39, 0.29) is 22.9 Å². The van der Waals surface area contributed by atoms with Crippen molar-refractivity contribution in [1.29, 1.82) is 0 Å². The fraction of sp³-hybridized carbons (Fsp3) is 0.391. The number of amides is 1. The summed E-state index contributed by atoms with van der Waals surface area (Å²) in [6.45, 7) is 0. The van der Waals surface area contributed by atoms with E-state index in [4.69, 9.17) is 15.2 Å². The van der Waals surface area contributed by atoms with Crippen LogP contribution in [0, 0.1) is 11.7 Å². The third kappa shape index (κ3) is 4.72. The number of hydrogen-bond donors (Lipinski definition) is 2. The lowest BCUT2D eigenvalue weighted by atomic mass is 9.83. The summed E-state index contributed by atoms with van der Waals surface area (Å²) >= 11 is 0. The average Bonchev–Trinajstić information content (AvgIpc) is 2.77. The minimum absolute atomic E-state index is 0.0536. The second-order valence-electron chi connectivity index (χ2n) is 7.52. The first kappa shape index (κ1) is 21.6. The van der Waals surface area contributed by atoms with Crippen molar-refractivity contribution in [2.45, 2.75) is 38.1 Å². The molecule has 0 saturated heterocycles. The van der Waals surface area contributed by atoms with Gasteiger partial charge in [-0.15, -0.1) is 0 Å². The molecular formula is C23H27FN2O4. The van der Waals surface area contributed by atoms with E-state index in [0.717, 1.165) is 32.1 Å². The first-order valence-electron chi connectivity index (χ1n) is 10.1. The predicted octanol–water partition coefficient (Wildman–Crippen LogP) is 3.94. The molecule has 7 heteroatoms. The molecule has 1 aliphatic carbocycles. The van der Waals surface area contributed by atoms with Gasteiger partial charge in [0.05, 0.1) is 19.8 Å². The van der Waals surface area contributed by atoms with E-state index < -0.39 is 23.7 Å². The summed E-state index contributed by atoms with van der Waals surface area (Å²) in [5, 5.41) is 2.81. The van der Waals surface area contributed by atoms with Gasteiger partial charge in [0.2, 0.25) is 0 Å². The van der Waals surface area contributed by atoms with E-state index >= 15 is 0 Å². The Bertz CT molecular complexity index is 925. The maximum Gasteiger partial charge on any atom is 0.328 e. The van der Waals surface area contributed by atoms with Crippen molar-refractivity contribution in [3.8, 4) is 16.9 Å². The summed E-state index contributed by atoms with van der Waals surface area (Å²) in [4.78, 5) is 25.1. The second-order valence-corrected chi connectivity index (χ2v) is 7.52. The Morgan fingerprint density at radius 2 is 1.73 bits per heavy atom. The van der Waals surface area contributed by atoms with Crippen molar-refractivity contribution in [3.63, 3.8) is 0 Å². The number of hydrogen-bond acceptors (Lipinski definition) is 5. The largest absolute Gasteiger partial charge is 0.494 e. The van der Waals surface area contributed by atoms with Crippen molar-refractivity contribution in [2.75, 3.05) is 20.0 Å². The summed E-state index contributed by atoms with van der Waals surface area (Å²) < 4.78 is 23.9. The minimum Gasteiger partial charge on any atom is -0.494 e. The van der Waals surface area contributed by atoms with Crippen LogP contribution in [0.2, 0.25) is 0 Å². The fourth-order valence-electron chi connectivity index (χ4n) is 3.98. The molecule has 1 fully saturated rings. The molecule has 1 aliphatic rings. The van der Waals surface area contributed by atoms with Gasteiger partial charge in [-0.05, 0) is 54.2 Å². The lowest BCUT2D eigenvalue weighted by Crippen LogP contribution is -2.47. The fourth-order valence-corrected chi connectivity index (χ4v) is 3.98. The number of carbonyl (C=O) groups is 2. The summed E-state index contributed by atoms with van der Waals surface area (Å²) in [6, 6.07) is 8.79. The van der Waals surface area contributed by atoms with Crippen LogP contribution in [0.15, 0.2) is 36.4 Å². The monoisotopic (exact) mass is 414 g/mol. The first-order valence-corrected chi connectivity index (χ1v) is 10.1. The van der Waals surface area contributed by atoms with Crippen LogP contribution >= 0.6 is 0 Å². The van der Waals surface area contributed by atoms with Gasteiger partial charge >= 0.3 is 5.97 Å². The number of nitrogen functional groups attached to an aromatic ring is 1. The summed E-state index contributed by atoms with van der Waals surface area (Å²) in [5.41, 5.74) is 7.91. The van der Waals surface area contributed by atoms with Crippen LogP contribution in [0.5, 0.6) is 5.75 Å². The van der Waals surface area contributed by atoms with Gasteiger partial charge in [0.15, 0.2) is 11.6 Å². The van der Waals surface area contributed by atoms with Gasteiger partial charge in [-0.25, -0.2) is 9.18 Å². The quantitative estimate of drug-likeness (QED) is 0.552. The lowest BCUT2D eigenvalue weighted by molar-refractivity contribution is -0.144. The van der Waals surface area contributed by atoms with E-state index in [2.05, 4.69) is 5.32 Å². The summed E-state index contributed by atoms with van der Waals surface area (Å²) in [6.07, 6.45) is 4.94. The third-order valence-corrected chi connectivity index (χ3v) is 5.64. The van der Waals surface area contributed by atoms with E-state index in [9.17, 15) is 14.0 Å². The van der Waals surface area contributed by atoms with Crippen LogP contribution in [-0.2, 0) is 9.53 Å². The van der Waals surface area contributed by atoms with E-state index in [1.165, 1.54) is 26.4 Å². The lowest BCUT2D eigenvalue weighted by Gasteiger charge is -2.29. The molecule has 0 bridgehead atoms. The molecule has 0 radical (unpaired) electrons. The van der Waals surface area contributed by atoms with Crippen LogP contribution in [0.1, 0.15) is 42.5 Å². The zero-order valence-electron chi connectivity index (χ0n) is 17.2. The number of nitrogens with two attached hydrogens (primary N) is 1. The first-order chi connectivity index (χ1) is 14.4. The molecule has 0 heterocycles. The predicted molar refractivity (Wildman–Crippen MR) is 113 cm³/mol. The van der Waals surface area contributed by atoms with Crippen molar-refractivity contribution in [1.82, 2.24) is 5.32 Å². The molecule has 2 aromatic rings. The molecule has 0 aliphatic heterocycles. The minimum atomic E-state index is -0.697. The van der Waals surface area contributed by atoms with Gasteiger partial charge < -0.3 is 20.5 Å². The Morgan fingerprint density at radius 3 is 2.33 bits per heavy atom. The van der Waals surface area contributed by atoms with Gasteiger partial charge in [0.25, 0.3) is 5.91 Å². The van der Waals surface area contributed by atoms with E-state index in [1.54, 1.807) is 24.3 Å². The zero-order valence-corrected chi connectivity index (χ0v) is 17.2. The van der Waals surface area contributed by atoms with Gasteiger partial charge in [-0.2, -0.15) is 0 Å². The highest BCUT2D eigenvalue weighted by atomic mass is 19.1. The van der Waals surface area contributed by atoms with E-state index in [1.807, 2.05) is 0 Å². The van der Waals surface area contributed by atoms with Crippen molar-refractivity contribution < 1.29 is 23.5 Å². The number of nitrogens with one attached hydrogen (secondary N) is 1. The number of benzene rings is 2. The van der Waals surface area contributed by atoms with Crippen LogP contribution in [0.3, 0.4) is 0 Å². The smallest absolute Gasteiger partial charge is 0.328 e. The highest BCUT2D eigenvalue weighted by Crippen LogP contribution is 2.29. The molecule has 1 saturated carbocycles. The van der Waals surface area contributed by atoms with Gasteiger partial charge in [-0.1, -0.05) is 31.4 Å². The van der Waals surface area contributed by atoms with Crippen LogP contribution in [-0.4, -0.2) is 32.1 Å². The molecule has 160 valence electrons. The highest BCUT2D eigenvalue weighted by Gasteiger charge is 2.32. The van der Waals surface area contributed by atoms with Crippen LogP contribution in [0.4, 0.5) is 10.1 Å². The van der Waals surface area contributed by atoms with Crippen molar-refractivity contribution in [2.24, 2.45) is 5.92 Å². The topological polar surface area (TPSA) is 90.6 Å². The van der Waals surface area contributed by atoms with Gasteiger partial charge in [0.1, 0.15) is 6.04 Å². The number of halogens is 1. The molecule has 0 unspecified atom stereocenters. The normalized spacial score (nSPS) is 15.3. The number of anilines is 1. The van der Waals surface area contributed by atoms with Gasteiger partial charge in [-0.3, -0.25) is 4.79 Å². The molecule has 3 N–H and O–H groups in total. The van der Waals surface area contributed by atoms with E-state index in [0.29, 0.717) is 11.1 Å². The Morgan fingerprint density at radius 1 is 1.07 bits per heavy atom. The standard InChI is InChI=1S/C23H27FN2O4/c1-29-20-11-9-15(12-18(20)24)16-8-10-17(19(25)13-16)22(27)26-21(23(28)30-2)14-6-4-3-5-7-14/h8-14,21H,3-7,25H2,1-2H3,(H,26,27)/t21-/m0/s1. The number of ether oxygens (including phenoxy) is 2. The van der Waals surface area contributed by atoms with Crippen LogP contribution in [0.25, 0.3) is 11.1 Å². The summed E-state index contributed by atoms with van der Waals surface area (Å²) in [5.74, 6) is -1.15. The molecule has 0 aromatic heterocycles. The SMILES string of the molecule is COC(=O)[C@@H](NC(=O)c1ccc(-c2ccc(OC)c(F)c2)cc1N)C1CCCCC1. The zero-order chi connectivity index (χ0) is 21.7. The molecule has 3 rings (SSSR count). The Balaban J connectivity index is 1.80. The Kier molecular flexibility index (Phi) is 6.92. The Labute approximate surface area is 175 Å². The highest BCUT2D eigenvalue weighted by molar-refractivity contribution is 6.01. The second kappa shape index (κ2) is 9.61. The van der Waals surface area contributed by atoms with Crippen molar-refractivity contribution in [3.05, 3.63) is 47.8 Å². The Hall–Kier alpha value is -3.09. The maximum atomic E-state index is 14.0. The average molecular weight is 414 g/mol. The van der Waals surface area contributed by atoms with Crippen molar-refractivity contribution >= 4 is 17.6 Å². The molecule has 30 heavy (non-hydrogen) atoms. The molecule has 2 aromatic carbocycles. The number of carbonyl (C=O) groups excluding carboxylic acids is 2. The molecule has 1 atom stereocenters. The van der Waals surface area contributed by atoms with Gasteiger partial charge in [0, 0.05) is 5.69 Å².